The van der Waals surface area contributed by atoms with Crippen molar-refractivity contribution in [1.82, 2.24) is 4.90 Å². The molecule has 0 aromatic heterocycles. The normalized spacial score (nSPS) is 11.2. The summed E-state index contributed by atoms with van der Waals surface area (Å²) in [6, 6.07) is 1.79. The van der Waals surface area contributed by atoms with Crippen molar-refractivity contribution in [3.63, 3.8) is 0 Å². The smallest absolute Gasteiger partial charge is 0.341 e. The average Bonchev–Trinajstić information content (AvgIpc) is 2.34. The fourth-order valence-corrected chi connectivity index (χ4v) is 1.46. The van der Waals surface area contributed by atoms with Crippen molar-refractivity contribution in [3.8, 4) is 0 Å². The summed E-state index contributed by atoms with van der Waals surface area (Å²) in [6.07, 6.45) is -2.57. The molecule has 2 nitrogen and oxygen atoms in total. The van der Waals surface area contributed by atoms with Gasteiger partial charge in [-0.3, -0.25) is 4.79 Å². The zero-order valence-corrected chi connectivity index (χ0v) is 10.3. The van der Waals surface area contributed by atoms with E-state index in [1.54, 1.807) is 6.08 Å². The maximum atomic E-state index is 13.5. The van der Waals surface area contributed by atoms with Crippen LogP contribution in [0.4, 0.5) is 17.6 Å². The van der Waals surface area contributed by atoms with Crippen molar-refractivity contribution in [2.24, 2.45) is 0 Å². The van der Waals surface area contributed by atoms with Crippen LogP contribution in [0.3, 0.4) is 0 Å². The van der Waals surface area contributed by atoms with Crippen LogP contribution >= 0.6 is 0 Å². The molecule has 0 aliphatic carbocycles. The minimum atomic E-state index is -4.61. The number of hydrogen-bond acceptors (Lipinski definition) is 1. The predicted octanol–water partition coefficient (Wildman–Crippen LogP) is 3.49. The second kappa shape index (κ2) is 5.86. The van der Waals surface area contributed by atoms with Crippen LogP contribution in [0, 0.1) is 5.82 Å². The second-order valence-corrected chi connectivity index (χ2v) is 4.00. The van der Waals surface area contributed by atoms with Crippen molar-refractivity contribution in [2.75, 3.05) is 13.6 Å². The average molecular weight is 275 g/mol. The zero-order chi connectivity index (χ0) is 14.6. The molecule has 0 N–H and O–H groups in total. The first-order chi connectivity index (χ1) is 8.77. The van der Waals surface area contributed by atoms with Crippen LogP contribution < -0.4 is 0 Å². The first kappa shape index (κ1) is 15.2. The highest BCUT2D eigenvalue weighted by atomic mass is 19.4. The number of benzene rings is 1. The molecule has 1 amide bonds. The molecule has 0 saturated carbocycles. The number of carbonyl (C=O) groups is 1. The molecule has 0 bridgehead atoms. The Hall–Kier alpha value is -1.85. The zero-order valence-electron chi connectivity index (χ0n) is 10.3. The number of rotatable bonds is 4. The molecule has 0 atom stereocenters. The molecule has 0 spiro atoms. The van der Waals surface area contributed by atoms with Gasteiger partial charge in [-0.15, -0.1) is 6.58 Å². The molecule has 19 heavy (non-hydrogen) atoms. The number of halogens is 4. The van der Waals surface area contributed by atoms with E-state index in [0.717, 1.165) is 4.90 Å². The van der Waals surface area contributed by atoms with Gasteiger partial charge in [0, 0.05) is 13.6 Å². The van der Waals surface area contributed by atoms with Gasteiger partial charge in [-0.25, -0.2) is 4.39 Å². The van der Waals surface area contributed by atoms with Crippen molar-refractivity contribution in [2.45, 2.75) is 12.6 Å². The summed E-state index contributed by atoms with van der Waals surface area (Å²) >= 11 is 0. The minimum Gasteiger partial charge on any atom is -0.341 e. The van der Waals surface area contributed by atoms with Crippen LogP contribution in [0.5, 0.6) is 0 Å². The highest BCUT2D eigenvalue weighted by molar-refractivity contribution is 5.94. The minimum absolute atomic E-state index is 0.262. The summed E-state index contributed by atoms with van der Waals surface area (Å²) in [7, 11) is 1.39. The predicted molar refractivity (Wildman–Crippen MR) is 63.2 cm³/mol. The molecule has 0 fully saturated rings. The molecule has 0 heterocycles. The van der Waals surface area contributed by atoms with Crippen LogP contribution in [-0.4, -0.2) is 24.4 Å². The molecular weight excluding hydrogens is 262 g/mol. The number of hydrogen-bond donors (Lipinski definition) is 0. The van der Waals surface area contributed by atoms with Gasteiger partial charge in [-0.05, 0) is 24.6 Å². The van der Waals surface area contributed by atoms with E-state index >= 15 is 0 Å². The summed E-state index contributed by atoms with van der Waals surface area (Å²) < 4.78 is 51.0. The summed E-state index contributed by atoms with van der Waals surface area (Å²) in [6.45, 7) is 3.73. The lowest BCUT2D eigenvalue weighted by Gasteiger charge is -2.17. The van der Waals surface area contributed by atoms with E-state index in [9.17, 15) is 22.4 Å². The van der Waals surface area contributed by atoms with Crippen molar-refractivity contribution < 1.29 is 22.4 Å². The quantitative estimate of drug-likeness (QED) is 0.608. The fraction of sp³-hybridized carbons (Fsp3) is 0.308. The Kier molecular flexibility index (Phi) is 4.69. The molecule has 0 aliphatic heterocycles. The van der Waals surface area contributed by atoms with Gasteiger partial charge in [-0.2, -0.15) is 13.2 Å². The third-order valence-electron chi connectivity index (χ3n) is 2.54. The highest BCUT2D eigenvalue weighted by Gasteiger charge is 2.32. The molecule has 1 aromatic rings. The van der Waals surface area contributed by atoms with Crippen LogP contribution in [0.1, 0.15) is 22.3 Å². The maximum Gasteiger partial charge on any atom is 0.416 e. The van der Waals surface area contributed by atoms with Gasteiger partial charge in [0.15, 0.2) is 0 Å². The fourth-order valence-electron chi connectivity index (χ4n) is 1.46. The Morgan fingerprint density at radius 1 is 1.42 bits per heavy atom. The summed E-state index contributed by atoms with van der Waals surface area (Å²) in [4.78, 5) is 13.0. The lowest BCUT2D eigenvalue weighted by Crippen LogP contribution is -2.28. The SMILES string of the molecule is C=CCCN(C)C(=O)c1cc(C(F)(F)F)ccc1F. The molecular formula is C13H13F4NO. The summed E-state index contributed by atoms with van der Waals surface area (Å²) in [5, 5.41) is 0. The molecule has 0 radical (unpaired) electrons. The van der Waals surface area contributed by atoms with Crippen LogP contribution in [0.2, 0.25) is 0 Å². The van der Waals surface area contributed by atoms with E-state index in [-0.39, 0.29) is 6.54 Å². The number of amides is 1. The molecule has 0 aliphatic rings. The van der Waals surface area contributed by atoms with Gasteiger partial charge in [-0.1, -0.05) is 6.08 Å². The van der Waals surface area contributed by atoms with E-state index in [1.165, 1.54) is 7.05 Å². The topological polar surface area (TPSA) is 20.3 Å². The van der Waals surface area contributed by atoms with Gasteiger partial charge in [0.1, 0.15) is 5.82 Å². The standard InChI is InChI=1S/C13H13F4NO/c1-3-4-7-18(2)12(19)10-8-9(13(15,16)17)5-6-11(10)14/h3,5-6,8H,1,4,7H2,2H3. The monoisotopic (exact) mass is 275 g/mol. The Bertz CT molecular complexity index is 482. The number of nitrogens with zero attached hydrogens (tertiary/aromatic N) is 1. The van der Waals surface area contributed by atoms with E-state index < -0.39 is 29.0 Å². The maximum absolute atomic E-state index is 13.5. The van der Waals surface area contributed by atoms with Gasteiger partial charge < -0.3 is 4.90 Å². The van der Waals surface area contributed by atoms with E-state index in [4.69, 9.17) is 0 Å². The van der Waals surface area contributed by atoms with Crippen LogP contribution in [0.25, 0.3) is 0 Å². The second-order valence-electron chi connectivity index (χ2n) is 4.00. The van der Waals surface area contributed by atoms with Crippen molar-refractivity contribution in [3.05, 3.63) is 47.8 Å². The van der Waals surface area contributed by atoms with Gasteiger partial charge in [0.25, 0.3) is 5.91 Å². The van der Waals surface area contributed by atoms with E-state index in [1.807, 2.05) is 0 Å². The first-order valence-corrected chi connectivity index (χ1v) is 5.50. The highest BCUT2D eigenvalue weighted by Crippen LogP contribution is 2.30. The Labute approximate surface area is 108 Å². The van der Waals surface area contributed by atoms with E-state index in [0.29, 0.717) is 24.6 Å². The molecule has 6 heteroatoms. The lowest BCUT2D eigenvalue weighted by molar-refractivity contribution is -0.137. The molecule has 1 rings (SSSR count). The molecule has 0 unspecified atom stereocenters. The van der Waals surface area contributed by atoms with Gasteiger partial charge >= 0.3 is 6.18 Å². The largest absolute Gasteiger partial charge is 0.416 e. The molecule has 0 saturated heterocycles. The Morgan fingerprint density at radius 3 is 2.58 bits per heavy atom. The Balaban J connectivity index is 3.05. The summed E-state index contributed by atoms with van der Waals surface area (Å²) in [5.74, 6) is -1.76. The molecule has 1 aromatic carbocycles. The molecule has 104 valence electrons. The third kappa shape index (κ3) is 3.81. The first-order valence-electron chi connectivity index (χ1n) is 5.50. The lowest BCUT2D eigenvalue weighted by atomic mass is 10.1. The van der Waals surface area contributed by atoms with Gasteiger partial charge in [0.05, 0.1) is 11.1 Å². The number of carbonyl (C=O) groups excluding carboxylic acids is 1. The van der Waals surface area contributed by atoms with Crippen LogP contribution in [0.15, 0.2) is 30.9 Å². The van der Waals surface area contributed by atoms with Crippen molar-refractivity contribution >= 4 is 5.91 Å². The van der Waals surface area contributed by atoms with E-state index in [2.05, 4.69) is 6.58 Å². The number of alkyl halides is 3. The van der Waals surface area contributed by atoms with Gasteiger partial charge in [0.2, 0.25) is 0 Å². The third-order valence-corrected chi connectivity index (χ3v) is 2.54. The van der Waals surface area contributed by atoms with Crippen molar-refractivity contribution in [1.29, 1.82) is 0 Å². The Morgan fingerprint density at radius 2 is 2.05 bits per heavy atom. The summed E-state index contributed by atoms with van der Waals surface area (Å²) in [5.41, 5.74) is -1.63. The van der Waals surface area contributed by atoms with Crippen LogP contribution in [-0.2, 0) is 6.18 Å².